The van der Waals surface area contributed by atoms with E-state index in [1.54, 1.807) is 0 Å². The van der Waals surface area contributed by atoms with Gasteiger partial charge in [-0.3, -0.25) is 0 Å². The number of nitrogens with zero attached hydrogens (tertiary/aromatic N) is 3. The van der Waals surface area contributed by atoms with Crippen molar-refractivity contribution in [1.82, 2.24) is 15.3 Å². The number of rotatable bonds is 7. The zero-order valence-corrected chi connectivity index (χ0v) is 13.2. The fraction of sp³-hybridized carbons (Fsp3) is 0.733. The van der Waals surface area contributed by atoms with Crippen LogP contribution in [-0.2, 0) is 0 Å². The van der Waals surface area contributed by atoms with Crippen LogP contribution in [0.4, 0.5) is 5.82 Å². The molecule has 2 atom stereocenters. The average molecular weight is 264 g/mol. The van der Waals surface area contributed by atoms with Crippen molar-refractivity contribution in [2.24, 2.45) is 0 Å². The van der Waals surface area contributed by atoms with Gasteiger partial charge in [-0.25, -0.2) is 9.97 Å². The van der Waals surface area contributed by atoms with Gasteiger partial charge >= 0.3 is 0 Å². The van der Waals surface area contributed by atoms with Crippen molar-refractivity contribution in [3.63, 3.8) is 0 Å². The molecule has 108 valence electrons. The predicted molar refractivity (Wildman–Crippen MR) is 81.7 cm³/mol. The van der Waals surface area contributed by atoms with Gasteiger partial charge in [0.1, 0.15) is 11.6 Å². The third-order valence-corrected chi connectivity index (χ3v) is 3.58. The Morgan fingerprint density at radius 1 is 1.26 bits per heavy atom. The van der Waals surface area contributed by atoms with Gasteiger partial charge in [0.15, 0.2) is 0 Å². The maximum Gasteiger partial charge on any atom is 0.135 e. The van der Waals surface area contributed by atoms with E-state index in [1.165, 1.54) is 0 Å². The van der Waals surface area contributed by atoms with E-state index in [1.807, 2.05) is 13.1 Å². The molecule has 0 aliphatic carbocycles. The van der Waals surface area contributed by atoms with Crippen molar-refractivity contribution in [2.75, 3.05) is 18.0 Å². The Labute approximate surface area is 117 Å². The van der Waals surface area contributed by atoms with Gasteiger partial charge in [-0.2, -0.15) is 0 Å². The summed E-state index contributed by atoms with van der Waals surface area (Å²) >= 11 is 0. The molecular formula is C15H28N4. The Balaban J connectivity index is 2.78. The molecule has 1 aromatic heterocycles. The van der Waals surface area contributed by atoms with Gasteiger partial charge in [-0.15, -0.1) is 0 Å². The zero-order valence-electron chi connectivity index (χ0n) is 13.2. The second-order valence-electron chi connectivity index (χ2n) is 5.28. The minimum atomic E-state index is 0.423. The molecule has 4 nitrogen and oxygen atoms in total. The van der Waals surface area contributed by atoms with Crippen LogP contribution in [0.1, 0.15) is 45.5 Å². The van der Waals surface area contributed by atoms with Gasteiger partial charge in [0.25, 0.3) is 0 Å². The maximum atomic E-state index is 4.60. The van der Waals surface area contributed by atoms with Crippen LogP contribution in [-0.4, -0.2) is 35.1 Å². The molecule has 0 amide bonds. The molecule has 0 saturated heterocycles. The van der Waals surface area contributed by atoms with Crippen LogP contribution in [0.3, 0.4) is 0 Å². The first-order valence-electron chi connectivity index (χ1n) is 7.29. The molecule has 0 radical (unpaired) electrons. The number of anilines is 1. The highest BCUT2D eigenvalue weighted by molar-refractivity contribution is 5.46. The Hall–Kier alpha value is -1.16. The molecule has 0 saturated carbocycles. The van der Waals surface area contributed by atoms with Crippen LogP contribution >= 0.6 is 0 Å². The Morgan fingerprint density at radius 2 is 1.95 bits per heavy atom. The molecule has 1 aromatic rings. The first kappa shape index (κ1) is 15.9. The molecule has 0 bridgehead atoms. The highest BCUT2D eigenvalue weighted by atomic mass is 15.2. The molecule has 1 heterocycles. The summed E-state index contributed by atoms with van der Waals surface area (Å²) in [5.74, 6) is 1.90. The summed E-state index contributed by atoms with van der Waals surface area (Å²) in [5, 5.41) is 3.57. The van der Waals surface area contributed by atoms with Crippen LogP contribution in [0.15, 0.2) is 6.20 Å². The van der Waals surface area contributed by atoms with E-state index in [0.29, 0.717) is 12.1 Å². The second-order valence-corrected chi connectivity index (χ2v) is 5.28. The summed E-state index contributed by atoms with van der Waals surface area (Å²) < 4.78 is 0. The predicted octanol–water partition coefficient (Wildman–Crippen LogP) is 2.70. The van der Waals surface area contributed by atoms with E-state index in [4.69, 9.17) is 0 Å². The van der Waals surface area contributed by atoms with E-state index in [0.717, 1.165) is 36.7 Å². The smallest absolute Gasteiger partial charge is 0.135 e. The fourth-order valence-corrected chi connectivity index (χ4v) is 2.11. The SMILES string of the molecule is CCC(C)NCC(C)N(CC)c1nc(C)ncc1C. The second kappa shape index (κ2) is 7.43. The van der Waals surface area contributed by atoms with Crippen LogP contribution in [0.5, 0.6) is 0 Å². The van der Waals surface area contributed by atoms with Gasteiger partial charge in [0.2, 0.25) is 0 Å². The highest BCUT2D eigenvalue weighted by Crippen LogP contribution is 2.18. The summed E-state index contributed by atoms with van der Waals surface area (Å²) in [6.45, 7) is 14.8. The van der Waals surface area contributed by atoms with Gasteiger partial charge < -0.3 is 10.2 Å². The summed E-state index contributed by atoms with van der Waals surface area (Å²) in [6, 6.07) is 0.987. The Kier molecular flexibility index (Phi) is 6.22. The first-order chi connectivity index (χ1) is 8.99. The topological polar surface area (TPSA) is 41.0 Å². The van der Waals surface area contributed by atoms with Gasteiger partial charge in [-0.1, -0.05) is 6.92 Å². The lowest BCUT2D eigenvalue weighted by Gasteiger charge is -2.31. The molecule has 0 aliphatic rings. The number of aromatic nitrogens is 2. The molecular weight excluding hydrogens is 236 g/mol. The summed E-state index contributed by atoms with van der Waals surface area (Å²) in [5.41, 5.74) is 1.14. The van der Waals surface area contributed by atoms with E-state index < -0.39 is 0 Å². The fourth-order valence-electron chi connectivity index (χ4n) is 2.11. The monoisotopic (exact) mass is 264 g/mol. The summed E-state index contributed by atoms with van der Waals surface area (Å²) in [7, 11) is 0. The van der Waals surface area contributed by atoms with Crippen molar-refractivity contribution in [1.29, 1.82) is 0 Å². The van der Waals surface area contributed by atoms with E-state index in [-0.39, 0.29) is 0 Å². The normalized spacial score (nSPS) is 14.2. The Bertz CT molecular complexity index is 392. The molecule has 1 N–H and O–H groups in total. The lowest BCUT2D eigenvalue weighted by Crippen LogP contribution is -2.43. The van der Waals surface area contributed by atoms with E-state index >= 15 is 0 Å². The van der Waals surface area contributed by atoms with Gasteiger partial charge in [0, 0.05) is 36.9 Å². The van der Waals surface area contributed by atoms with Crippen LogP contribution in [0.25, 0.3) is 0 Å². The van der Waals surface area contributed by atoms with Gasteiger partial charge in [0.05, 0.1) is 0 Å². The lowest BCUT2D eigenvalue weighted by molar-refractivity contribution is 0.488. The minimum absolute atomic E-state index is 0.423. The molecule has 0 aromatic carbocycles. The van der Waals surface area contributed by atoms with Crippen molar-refractivity contribution < 1.29 is 0 Å². The molecule has 19 heavy (non-hydrogen) atoms. The quantitative estimate of drug-likeness (QED) is 0.822. The van der Waals surface area contributed by atoms with Gasteiger partial charge in [-0.05, 0) is 41.0 Å². The van der Waals surface area contributed by atoms with Crippen molar-refractivity contribution in [3.05, 3.63) is 17.6 Å². The van der Waals surface area contributed by atoms with Crippen LogP contribution < -0.4 is 10.2 Å². The standard InChI is InChI=1S/C15H28N4/c1-7-12(4)16-10-13(5)19(8-2)15-11(3)9-17-14(6)18-15/h9,12-13,16H,7-8,10H2,1-6H3. The van der Waals surface area contributed by atoms with Crippen LogP contribution in [0, 0.1) is 13.8 Å². The average Bonchev–Trinajstić information content (AvgIpc) is 2.40. The number of hydrogen-bond donors (Lipinski definition) is 1. The van der Waals surface area contributed by atoms with Crippen molar-refractivity contribution >= 4 is 5.82 Å². The first-order valence-corrected chi connectivity index (χ1v) is 7.29. The summed E-state index contributed by atoms with van der Waals surface area (Å²) in [4.78, 5) is 11.2. The lowest BCUT2D eigenvalue weighted by atomic mass is 10.2. The highest BCUT2D eigenvalue weighted by Gasteiger charge is 2.17. The number of likely N-dealkylation sites (N-methyl/N-ethyl adjacent to an activating group) is 1. The van der Waals surface area contributed by atoms with E-state index in [9.17, 15) is 0 Å². The largest absolute Gasteiger partial charge is 0.353 e. The maximum absolute atomic E-state index is 4.60. The van der Waals surface area contributed by atoms with Crippen LogP contribution in [0.2, 0.25) is 0 Å². The number of nitrogens with one attached hydrogen (secondary N) is 1. The molecule has 2 unspecified atom stereocenters. The Morgan fingerprint density at radius 3 is 2.53 bits per heavy atom. The molecule has 0 fully saturated rings. The summed E-state index contributed by atoms with van der Waals surface area (Å²) in [6.07, 6.45) is 3.07. The zero-order chi connectivity index (χ0) is 14.4. The van der Waals surface area contributed by atoms with Crippen molar-refractivity contribution in [3.8, 4) is 0 Å². The van der Waals surface area contributed by atoms with Crippen molar-refractivity contribution in [2.45, 2.75) is 60.0 Å². The number of hydrogen-bond acceptors (Lipinski definition) is 4. The third-order valence-electron chi connectivity index (χ3n) is 3.58. The number of aryl methyl sites for hydroxylation is 2. The molecule has 4 heteroatoms. The molecule has 0 spiro atoms. The molecule has 1 rings (SSSR count). The van der Waals surface area contributed by atoms with E-state index in [2.05, 4.69) is 54.8 Å². The minimum Gasteiger partial charge on any atom is -0.353 e. The molecule has 0 aliphatic heterocycles. The third kappa shape index (κ3) is 4.46.